The largest absolute Gasteiger partial charge is 0.324 e. The molecule has 4 heteroatoms. The molecular formula is C12H16ClN3. The zero-order valence-electron chi connectivity index (χ0n) is 9.74. The number of aromatic nitrogens is 2. The first-order valence-electron chi connectivity index (χ1n) is 5.43. The molecule has 1 aromatic heterocycles. The lowest BCUT2D eigenvalue weighted by molar-refractivity contribution is 0.558. The summed E-state index contributed by atoms with van der Waals surface area (Å²) >= 11 is 5.96. The van der Waals surface area contributed by atoms with E-state index in [4.69, 9.17) is 17.3 Å². The van der Waals surface area contributed by atoms with E-state index in [0.29, 0.717) is 11.1 Å². The van der Waals surface area contributed by atoms with Crippen molar-refractivity contribution in [2.24, 2.45) is 5.73 Å². The molecule has 0 amide bonds. The number of imidazole rings is 1. The van der Waals surface area contributed by atoms with Crippen LogP contribution in [0.15, 0.2) is 18.2 Å². The number of fused-ring (bicyclic) bond motifs is 1. The lowest BCUT2D eigenvalue weighted by Gasteiger charge is -2.14. The minimum absolute atomic E-state index is 0.0754. The van der Waals surface area contributed by atoms with Gasteiger partial charge in [-0.2, -0.15) is 0 Å². The molecule has 0 spiro atoms. The average Bonchev–Trinajstić information content (AvgIpc) is 2.55. The summed E-state index contributed by atoms with van der Waals surface area (Å²) in [6.07, 6.45) is 0. The predicted octanol–water partition coefficient (Wildman–Crippen LogP) is 3.29. The number of benzene rings is 1. The molecule has 1 atom stereocenters. The van der Waals surface area contributed by atoms with Gasteiger partial charge in [0.1, 0.15) is 5.82 Å². The van der Waals surface area contributed by atoms with Gasteiger partial charge in [0, 0.05) is 11.1 Å². The van der Waals surface area contributed by atoms with E-state index in [9.17, 15) is 0 Å². The van der Waals surface area contributed by atoms with Crippen LogP contribution in [0.25, 0.3) is 11.0 Å². The quantitative estimate of drug-likeness (QED) is 0.871. The van der Waals surface area contributed by atoms with Crippen LogP contribution in [0.2, 0.25) is 5.02 Å². The first-order valence-corrected chi connectivity index (χ1v) is 5.81. The van der Waals surface area contributed by atoms with Gasteiger partial charge in [-0.3, -0.25) is 0 Å². The summed E-state index contributed by atoms with van der Waals surface area (Å²) in [5, 5.41) is 0.706. The third-order valence-corrected chi connectivity index (χ3v) is 2.84. The molecule has 0 saturated carbocycles. The number of nitrogens with two attached hydrogens (primary N) is 1. The molecule has 2 rings (SSSR count). The minimum atomic E-state index is -0.0754. The fourth-order valence-electron chi connectivity index (χ4n) is 1.95. The van der Waals surface area contributed by atoms with Gasteiger partial charge in [-0.1, -0.05) is 11.6 Å². The van der Waals surface area contributed by atoms with Gasteiger partial charge in [0.15, 0.2) is 0 Å². The molecule has 1 aromatic carbocycles. The predicted molar refractivity (Wildman–Crippen MR) is 67.7 cm³/mol. The van der Waals surface area contributed by atoms with Gasteiger partial charge in [0.2, 0.25) is 0 Å². The van der Waals surface area contributed by atoms with Gasteiger partial charge in [-0.25, -0.2) is 4.98 Å². The molecule has 0 saturated heterocycles. The molecule has 0 aliphatic rings. The maximum atomic E-state index is 5.96. The van der Waals surface area contributed by atoms with Crippen LogP contribution in [-0.2, 0) is 0 Å². The van der Waals surface area contributed by atoms with Gasteiger partial charge < -0.3 is 10.3 Å². The van der Waals surface area contributed by atoms with Crippen molar-refractivity contribution in [2.75, 3.05) is 0 Å². The van der Waals surface area contributed by atoms with Crippen molar-refractivity contribution >= 4 is 22.6 Å². The zero-order valence-corrected chi connectivity index (χ0v) is 10.5. The highest BCUT2D eigenvalue weighted by atomic mass is 35.5. The molecule has 1 unspecified atom stereocenters. The minimum Gasteiger partial charge on any atom is -0.324 e. The monoisotopic (exact) mass is 237 g/mol. The highest BCUT2D eigenvalue weighted by Gasteiger charge is 2.15. The Morgan fingerprint density at radius 3 is 2.56 bits per heavy atom. The van der Waals surface area contributed by atoms with Gasteiger partial charge in [-0.05, 0) is 39.0 Å². The third-order valence-electron chi connectivity index (χ3n) is 2.60. The summed E-state index contributed by atoms with van der Waals surface area (Å²) in [7, 11) is 0. The van der Waals surface area contributed by atoms with Crippen molar-refractivity contribution in [3.63, 3.8) is 0 Å². The van der Waals surface area contributed by atoms with Gasteiger partial charge in [-0.15, -0.1) is 0 Å². The Kier molecular flexibility index (Phi) is 2.91. The van der Waals surface area contributed by atoms with Crippen LogP contribution in [0.3, 0.4) is 0 Å². The summed E-state index contributed by atoms with van der Waals surface area (Å²) in [6, 6.07) is 6.02. The van der Waals surface area contributed by atoms with Crippen LogP contribution in [0, 0.1) is 0 Å². The zero-order chi connectivity index (χ0) is 11.9. The molecule has 0 bridgehead atoms. The van der Waals surface area contributed by atoms with Crippen molar-refractivity contribution in [1.29, 1.82) is 0 Å². The number of rotatable bonds is 2. The second-order valence-electron chi connectivity index (χ2n) is 4.36. The van der Waals surface area contributed by atoms with Crippen molar-refractivity contribution < 1.29 is 0 Å². The first-order chi connectivity index (χ1) is 7.50. The molecule has 86 valence electrons. The first kappa shape index (κ1) is 11.4. The summed E-state index contributed by atoms with van der Waals surface area (Å²) in [6.45, 7) is 6.20. The summed E-state index contributed by atoms with van der Waals surface area (Å²) in [5.74, 6) is 0.910. The van der Waals surface area contributed by atoms with E-state index in [2.05, 4.69) is 23.4 Å². The second kappa shape index (κ2) is 4.07. The Bertz CT molecular complexity index is 514. The number of hydrogen-bond donors (Lipinski definition) is 1. The Morgan fingerprint density at radius 2 is 2.00 bits per heavy atom. The van der Waals surface area contributed by atoms with Crippen LogP contribution in [0.5, 0.6) is 0 Å². The van der Waals surface area contributed by atoms with Crippen LogP contribution in [0.1, 0.15) is 38.7 Å². The summed E-state index contributed by atoms with van der Waals surface area (Å²) in [4.78, 5) is 4.55. The molecule has 2 aromatic rings. The van der Waals surface area contributed by atoms with Crippen LogP contribution < -0.4 is 5.73 Å². The smallest absolute Gasteiger partial charge is 0.126 e. The fourth-order valence-corrected chi connectivity index (χ4v) is 2.12. The summed E-state index contributed by atoms with van der Waals surface area (Å²) < 4.78 is 2.16. The van der Waals surface area contributed by atoms with E-state index < -0.39 is 0 Å². The molecule has 3 nitrogen and oxygen atoms in total. The molecular weight excluding hydrogens is 222 g/mol. The number of halogens is 1. The van der Waals surface area contributed by atoms with Crippen molar-refractivity contribution in [3.8, 4) is 0 Å². The van der Waals surface area contributed by atoms with E-state index in [1.54, 1.807) is 0 Å². The van der Waals surface area contributed by atoms with Gasteiger partial charge >= 0.3 is 0 Å². The Hall–Kier alpha value is -1.06. The Balaban J connectivity index is 2.75. The highest BCUT2D eigenvalue weighted by Crippen LogP contribution is 2.26. The van der Waals surface area contributed by atoms with E-state index in [1.165, 1.54) is 0 Å². The van der Waals surface area contributed by atoms with E-state index >= 15 is 0 Å². The lowest BCUT2D eigenvalue weighted by atomic mass is 10.2. The molecule has 0 radical (unpaired) electrons. The topological polar surface area (TPSA) is 43.8 Å². The molecule has 16 heavy (non-hydrogen) atoms. The number of hydrogen-bond acceptors (Lipinski definition) is 2. The maximum absolute atomic E-state index is 5.96. The van der Waals surface area contributed by atoms with Crippen molar-refractivity contribution in [3.05, 3.63) is 29.0 Å². The molecule has 1 heterocycles. The average molecular weight is 238 g/mol. The Labute approximate surface area is 100 Å². The number of nitrogens with zero attached hydrogens (tertiary/aromatic N) is 2. The fraction of sp³-hybridized carbons (Fsp3) is 0.417. The van der Waals surface area contributed by atoms with Crippen LogP contribution >= 0.6 is 11.6 Å². The lowest BCUT2D eigenvalue weighted by Crippen LogP contribution is -2.14. The van der Waals surface area contributed by atoms with E-state index in [1.807, 2.05) is 25.1 Å². The van der Waals surface area contributed by atoms with Gasteiger partial charge in [0.25, 0.3) is 0 Å². The molecule has 0 aliphatic carbocycles. The maximum Gasteiger partial charge on any atom is 0.126 e. The van der Waals surface area contributed by atoms with Crippen molar-refractivity contribution in [1.82, 2.24) is 9.55 Å². The highest BCUT2D eigenvalue weighted by molar-refractivity contribution is 6.31. The van der Waals surface area contributed by atoms with Crippen LogP contribution in [-0.4, -0.2) is 9.55 Å². The van der Waals surface area contributed by atoms with Gasteiger partial charge in [0.05, 0.1) is 17.1 Å². The van der Waals surface area contributed by atoms with E-state index in [-0.39, 0.29) is 6.04 Å². The molecule has 0 fully saturated rings. The van der Waals surface area contributed by atoms with E-state index in [0.717, 1.165) is 16.9 Å². The normalized spacial score (nSPS) is 13.6. The van der Waals surface area contributed by atoms with Crippen LogP contribution in [0.4, 0.5) is 0 Å². The molecule has 0 aliphatic heterocycles. The molecule has 2 N–H and O–H groups in total. The third kappa shape index (κ3) is 1.81. The SMILES string of the molecule is CC(N)c1nc2cc(Cl)ccc2n1C(C)C. The Morgan fingerprint density at radius 1 is 1.31 bits per heavy atom. The standard InChI is InChI=1S/C12H16ClN3/c1-7(2)16-11-5-4-9(13)6-10(11)15-12(16)8(3)14/h4-8H,14H2,1-3H3. The summed E-state index contributed by atoms with van der Waals surface area (Å²) in [5.41, 5.74) is 7.94. The second-order valence-corrected chi connectivity index (χ2v) is 4.79. The van der Waals surface area contributed by atoms with Crippen molar-refractivity contribution in [2.45, 2.75) is 32.9 Å².